The quantitative estimate of drug-likeness (QED) is 0.787. The van der Waals surface area contributed by atoms with E-state index in [0.717, 1.165) is 18.6 Å². The molecule has 2 heterocycles. The topological polar surface area (TPSA) is 21.1 Å². The number of likely N-dealkylation sites (tertiary alicyclic amines) is 1. The molecule has 0 bridgehead atoms. The van der Waals surface area contributed by atoms with Gasteiger partial charge in [-0.05, 0) is 57.3 Å². The van der Waals surface area contributed by atoms with Crippen LogP contribution in [0.1, 0.15) is 50.3 Å². The van der Waals surface area contributed by atoms with Crippen LogP contribution in [0.5, 0.6) is 0 Å². The van der Waals surface area contributed by atoms with Crippen molar-refractivity contribution in [2.24, 2.45) is 0 Å². The Morgan fingerprint density at radius 1 is 1.05 bits per heavy atom. The summed E-state index contributed by atoms with van der Waals surface area (Å²) in [4.78, 5) is 7.60. The van der Waals surface area contributed by atoms with Gasteiger partial charge in [-0.15, -0.1) is 0 Å². The minimum Gasteiger partial charge on any atom is -0.314 e. The van der Waals surface area contributed by atoms with Crippen molar-refractivity contribution in [3.05, 3.63) is 42.2 Å². The van der Waals surface area contributed by atoms with Crippen LogP contribution in [-0.2, 0) is 6.67 Å². The molecule has 1 saturated heterocycles. The Kier molecular flexibility index (Phi) is 3.98. The SMILES string of the molecule is C1=CC[C@H](c2nc3ccccc3n2CN2CCCCC2)CC1. The lowest BCUT2D eigenvalue weighted by molar-refractivity contribution is 0.181. The van der Waals surface area contributed by atoms with E-state index in [1.165, 1.54) is 56.5 Å². The fraction of sp³-hybridized carbons (Fsp3) is 0.526. The maximum absolute atomic E-state index is 5.00. The summed E-state index contributed by atoms with van der Waals surface area (Å²) in [5, 5.41) is 0. The van der Waals surface area contributed by atoms with Gasteiger partial charge in [0.05, 0.1) is 17.7 Å². The molecule has 0 amide bonds. The summed E-state index contributed by atoms with van der Waals surface area (Å²) in [7, 11) is 0. The molecule has 4 rings (SSSR count). The lowest BCUT2D eigenvalue weighted by Crippen LogP contribution is -2.32. The van der Waals surface area contributed by atoms with Crippen LogP contribution in [0.25, 0.3) is 11.0 Å². The Morgan fingerprint density at radius 3 is 2.73 bits per heavy atom. The molecule has 0 N–H and O–H groups in total. The van der Waals surface area contributed by atoms with Crippen molar-refractivity contribution in [1.82, 2.24) is 14.5 Å². The van der Waals surface area contributed by atoms with Gasteiger partial charge in [0.15, 0.2) is 0 Å². The maximum Gasteiger partial charge on any atom is 0.114 e. The Bertz CT molecular complexity index is 664. The number of rotatable bonds is 3. The van der Waals surface area contributed by atoms with Gasteiger partial charge >= 0.3 is 0 Å². The third-order valence-electron chi connectivity index (χ3n) is 5.11. The van der Waals surface area contributed by atoms with Crippen LogP contribution in [-0.4, -0.2) is 27.5 Å². The molecular formula is C19H25N3. The molecule has 22 heavy (non-hydrogen) atoms. The average molecular weight is 295 g/mol. The molecule has 2 aliphatic rings. The van der Waals surface area contributed by atoms with Gasteiger partial charge in [0.2, 0.25) is 0 Å². The van der Waals surface area contributed by atoms with Crippen molar-refractivity contribution >= 4 is 11.0 Å². The van der Waals surface area contributed by atoms with Crippen molar-refractivity contribution in [2.45, 2.75) is 51.1 Å². The van der Waals surface area contributed by atoms with E-state index in [0.29, 0.717) is 5.92 Å². The van der Waals surface area contributed by atoms with E-state index in [1.807, 2.05) is 0 Å². The smallest absolute Gasteiger partial charge is 0.114 e. The molecule has 0 saturated carbocycles. The minimum absolute atomic E-state index is 0.585. The van der Waals surface area contributed by atoms with Crippen LogP contribution < -0.4 is 0 Å². The van der Waals surface area contributed by atoms with E-state index in [2.05, 4.69) is 45.9 Å². The lowest BCUT2D eigenvalue weighted by Gasteiger charge is -2.29. The van der Waals surface area contributed by atoms with E-state index in [4.69, 9.17) is 4.98 Å². The molecule has 3 nitrogen and oxygen atoms in total. The van der Waals surface area contributed by atoms with E-state index < -0.39 is 0 Å². The molecular weight excluding hydrogens is 270 g/mol. The van der Waals surface area contributed by atoms with E-state index in [-0.39, 0.29) is 0 Å². The molecule has 1 aromatic heterocycles. The van der Waals surface area contributed by atoms with Crippen LogP contribution in [0.15, 0.2) is 36.4 Å². The summed E-state index contributed by atoms with van der Waals surface area (Å²) in [5.41, 5.74) is 2.46. The number of imidazole rings is 1. The molecule has 0 unspecified atom stereocenters. The normalized spacial score (nSPS) is 23.2. The number of hydrogen-bond acceptors (Lipinski definition) is 2. The first kappa shape index (κ1) is 14.0. The Labute approximate surface area is 132 Å². The first-order valence-corrected chi connectivity index (χ1v) is 8.74. The van der Waals surface area contributed by atoms with E-state index in [9.17, 15) is 0 Å². The third kappa shape index (κ3) is 2.70. The van der Waals surface area contributed by atoms with Crippen LogP contribution in [0, 0.1) is 0 Å². The van der Waals surface area contributed by atoms with Gasteiger partial charge in [-0.2, -0.15) is 0 Å². The fourth-order valence-corrected chi connectivity index (χ4v) is 3.88. The standard InChI is InChI=1S/C19H25N3/c1-3-9-16(10-4-1)19-20-17-11-5-6-12-18(17)22(19)15-21-13-7-2-8-14-21/h1,3,5-6,11-12,16H,2,4,7-10,13-15H2/t16-/m0/s1. The first-order valence-electron chi connectivity index (χ1n) is 8.74. The van der Waals surface area contributed by atoms with Crippen LogP contribution >= 0.6 is 0 Å². The van der Waals surface area contributed by atoms with Gasteiger partial charge in [0.1, 0.15) is 5.82 Å². The lowest BCUT2D eigenvalue weighted by atomic mass is 9.94. The first-order chi connectivity index (χ1) is 10.9. The predicted octanol–water partition coefficient (Wildman–Crippen LogP) is 4.30. The molecule has 116 valence electrons. The number of benzene rings is 1. The van der Waals surface area contributed by atoms with Gasteiger partial charge in [-0.3, -0.25) is 4.90 Å². The number of allylic oxidation sites excluding steroid dienone is 2. The highest BCUT2D eigenvalue weighted by atomic mass is 15.3. The van der Waals surface area contributed by atoms with Crippen molar-refractivity contribution in [2.75, 3.05) is 13.1 Å². The zero-order valence-corrected chi connectivity index (χ0v) is 13.2. The largest absolute Gasteiger partial charge is 0.314 e. The predicted molar refractivity (Wildman–Crippen MR) is 90.9 cm³/mol. The van der Waals surface area contributed by atoms with Gasteiger partial charge in [-0.25, -0.2) is 4.98 Å². The Balaban J connectivity index is 1.70. The van der Waals surface area contributed by atoms with Crippen molar-refractivity contribution in [3.8, 4) is 0 Å². The number of para-hydroxylation sites is 2. The van der Waals surface area contributed by atoms with Crippen molar-refractivity contribution in [1.29, 1.82) is 0 Å². The van der Waals surface area contributed by atoms with Crippen molar-refractivity contribution < 1.29 is 0 Å². The highest BCUT2D eigenvalue weighted by Gasteiger charge is 2.22. The van der Waals surface area contributed by atoms with Crippen LogP contribution in [0.3, 0.4) is 0 Å². The molecule has 2 aromatic rings. The zero-order valence-electron chi connectivity index (χ0n) is 13.2. The maximum atomic E-state index is 5.00. The summed E-state index contributed by atoms with van der Waals surface area (Å²) < 4.78 is 2.49. The van der Waals surface area contributed by atoms with Gasteiger partial charge < -0.3 is 4.57 Å². The number of nitrogens with zero attached hydrogens (tertiary/aromatic N) is 3. The number of piperidine rings is 1. The summed E-state index contributed by atoms with van der Waals surface area (Å²) in [6.07, 6.45) is 12.3. The highest BCUT2D eigenvalue weighted by molar-refractivity contribution is 5.76. The molecule has 0 spiro atoms. The average Bonchev–Trinajstić information content (AvgIpc) is 2.95. The van der Waals surface area contributed by atoms with Gasteiger partial charge in [-0.1, -0.05) is 30.7 Å². The molecule has 0 radical (unpaired) electrons. The second kappa shape index (κ2) is 6.25. The van der Waals surface area contributed by atoms with E-state index >= 15 is 0 Å². The number of fused-ring (bicyclic) bond motifs is 1. The van der Waals surface area contributed by atoms with Crippen molar-refractivity contribution in [3.63, 3.8) is 0 Å². The molecule has 1 fully saturated rings. The van der Waals surface area contributed by atoms with Gasteiger partial charge in [0, 0.05) is 5.92 Å². The molecule has 3 heteroatoms. The highest BCUT2D eigenvalue weighted by Crippen LogP contribution is 2.31. The summed E-state index contributed by atoms with van der Waals surface area (Å²) >= 11 is 0. The molecule has 1 aliphatic carbocycles. The Morgan fingerprint density at radius 2 is 1.91 bits per heavy atom. The summed E-state index contributed by atoms with van der Waals surface area (Å²) in [5.74, 6) is 1.89. The zero-order chi connectivity index (χ0) is 14.8. The number of aromatic nitrogens is 2. The Hall–Kier alpha value is -1.61. The molecule has 1 aromatic carbocycles. The second-order valence-corrected chi connectivity index (χ2v) is 6.69. The summed E-state index contributed by atoms with van der Waals surface area (Å²) in [6, 6.07) is 8.63. The van der Waals surface area contributed by atoms with Crippen LogP contribution in [0.2, 0.25) is 0 Å². The second-order valence-electron chi connectivity index (χ2n) is 6.69. The van der Waals surface area contributed by atoms with Gasteiger partial charge in [0.25, 0.3) is 0 Å². The number of hydrogen-bond donors (Lipinski definition) is 0. The molecule has 1 aliphatic heterocycles. The fourth-order valence-electron chi connectivity index (χ4n) is 3.88. The summed E-state index contributed by atoms with van der Waals surface area (Å²) in [6.45, 7) is 3.48. The monoisotopic (exact) mass is 295 g/mol. The van der Waals surface area contributed by atoms with E-state index in [1.54, 1.807) is 0 Å². The minimum atomic E-state index is 0.585. The van der Waals surface area contributed by atoms with Crippen LogP contribution in [0.4, 0.5) is 0 Å². The third-order valence-corrected chi connectivity index (χ3v) is 5.11. The molecule has 1 atom stereocenters.